The van der Waals surface area contributed by atoms with Crippen molar-refractivity contribution in [3.05, 3.63) is 28.8 Å². The normalized spacial score (nSPS) is 14.9. The summed E-state index contributed by atoms with van der Waals surface area (Å²) in [6.45, 7) is 0.733. The molecule has 0 aliphatic heterocycles. The zero-order valence-electron chi connectivity index (χ0n) is 8.87. The monoisotopic (exact) mass is 255 g/mol. The highest BCUT2D eigenvalue weighted by Crippen LogP contribution is 2.31. The Bertz CT molecular complexity index is 404. The molecule has 1 aromatic carbocycles. The number of carbonyl (C=O) groups is 1. The van der Waals surface area contributed by atoms with Crippen molar-refractivity contribution in [2.75, 3.05) is 6.54 Å². The lowest BCUT2D eigenvalue weighted by atomic mass is 10.2. The van der Waals surface area contributed by atoms with Crippen LogP contribution in [0.15, 0.2) is 23.1 Å². The Balaban J connectivity index is 1.93. The molecule has 16 heavy (non-hydrogen) atoms. The molecular formula is C12H14ClNOS. The Hall–Kier alpha value is -0.670. The Kier molecular flexibility index (Phi) is 3.77. The van der Waals surface area contributed by atoms with Crippen molar-refractivity contribution in [1.29, 1.82) is 0 Å². The summed E-state index contributed by atoms with van der Waals surface area (Å²) in [5.41, 5.74) is 0.505. The number of hydrogen-bond donors (Lipinski definition) is 2. The average molecular weight is 256 g/mol. The van der Waals surface area contributed by atoms with Crippen LogP contribution < -0.4 is 5.32 Å². The number of nitrogens with one attached hydrogen (secondary N) is 1. The Morgan fingerprint density at radius 3 is 2.94 bits per heavy atom. The first-order valence-electron chi connectivity index (χ1n) is 5.43. The lowest BCUT2D eigenvalue weighted by molar-refractivity contribution is 0.0952. The summed E-state index contributed by atoms with van der Waals surface area (Å²) in [6.07, 6.45) is 3.69. The third-order valence-electron chi connectivity index (χ3n) is 2.73. The van der Waals surface area contributed by atoms with Crippen molar-refractivity contribution in [2.24, 2.45) is 5.92 Å². The fraction of sp³-hybridized carbons (Fsp3) is 0.417. The highest BCUT2D eigenvalue weighted by molar-refractivity contribution is 7.80. The minimum Gasteiger partial charge on any atom is -0.352 e. The third kappa shape index (κ3) is 3.16. The molecule has 1 saturated carbocycles. The second kappa shape index (κ2) is 5.11. The van der Waals surface area contributed by atoms with Crippen LogP contribution in [0.1, 0.15) is 29.6 Å². The van der Waals surface area contributed by atoms with Gasteiger partial charge in [0.1, 0.15) is 0 Å². The first-order chi connectivity index (χ1) is 7.66. The van der Waals surface area contributed by atoms with Gasteiger partial charge in [0, 0.05) is 11.4 Å². The quantitative estimate of drug-likeness (QED) is 0.795. The molecule has 1 amide bonds. The molecule has 0 aromatic heterocycles. The highest BCUT2D eigenvalue weighted by Gasteiger charge is 2.20. The van der Waals surface area contributed by atoms with Crippen molar-refractivity contribution in [2.45, 2.75) is 24.2 Å². The molecule has 0 radical (unpaired) electrons. The number of halogens is 1. The molecule has 1 aromatic rings. The second-order valence-corrected chi connectivity index (χ2v) is 5.08. The summed E-state index contributed by atoms with van der Waals surface area (Å²) in [5, 5.41) is 3.35. The zero-order valence-corrected chi connectivity index (χ0v) is 10.5. The molecule has 1 fully saturated rings. The van der Waals surface area contributed by atoms with Gasteiger partial charge in [0.15, 0.2) is 0 Å². The zero-order chi connectivity index (χ0) is 11.5. The van der Waals surface area contributed by atoms with Gasteiger partial charge in [-0.2, -0.15) is 0 Å². The van der Waals surface area contributed by atoms with Gasteiger partial charge in [0.05, 0.1) is 10.6 Å². The van der Waals surface area contributed by atoms with Gasteiger partial charge in [-0.05, 0) is 30.5 Å². The molecule has 0 saturated heterocycles. The third-order valence-corrected chi connectivity index (χ3v) is 3.34. The number of amides is 1. The predicted molar refractivity (Wildman–Crippen MR) is 68.4 cm³/mol. The van der Waals surface area contributed by atoms with E-state index in [-0.39, 0.29) is 5.91 Å². The van der Waals surface area contributed by atoms with Gasteiger partial charge >= 0.3 is 0 Å². The maximum Gasteiger partial charge on any atom is 0.252 e. The Morgan fingerprint density at radius 2 is 2.25 bits per heavy atom. The summed E-state index contributed by atoms with van der Waals surface area (Å²) in [5.74, 6) is 0.716. The maximum absolute atomic E-state index is 11.8. The van der Waals surface area contributed by atoms with Crippen LogP contribution in [0.4, 0.5) is 0 Å². The fourth-order valence-corrected chi connectivity index (χ4v) is 1.99. The molecular weight excluding hydrogens is 242 g/mol. The van der Waals surface area contributed by atoms with Crippen molar-refractivity contribution in [3.8, 4) is 0 Å². The molecule has 4 heteroatoms. The average Bonchev–Trinajstić information content (AvgIpc) is 3.05. The number of rotatable bonds is 4. The van der Waals surface area contributed by atoms with E-state index in [1.54, 1.807) is 18.2 Å². The molecule has 0 spiro atoms. The molecule has 0 unspecified atom stereocenters. The van der Waals surface area contributed by atoms with Crippen molar-refractivity contribution >= 4 is 30.1 Å². The van der Waals surface area contributed by atoms with Crippen LogP contribution in [-0.2, 0) is 0 Å². The molecule has 1 N–H and O–H groups in total. The number of carbonyl (C=O) groups excluding carboxylic acids is 1. The van der Waals surface area contributed by atoms with E-state index in [0.29, 0.717) is 10.6 Å². The first-order valence-corrected chi connectivity index (χ1v) is 6.26. The first kappa shape index (κ1) is 11.8. The Labute approximate surface area is 106 Å². The van der Waals surface area contributed by atoms with Crippen LogP contribution in [0, 0.1) is 5.92 Å². The van der Waals surface area contributed by atoms with E-state index in [0.717, 1.165) is 23.8 Å². The fourth-order valence-electron chi connectivity index (χ4n) is 1.58. The summed E-state index contributed by atoms with van der Waals surface area (Å²) in [4.78, 5) is 12.5. The van der Waals surface area contributed by atoms with Gasteiger partial charge in [-0.25, -0.2) is 0 Å². The van der Waals surface area contributed by atoms with E-state index in [1.165, 1.54) is 12.8 Å². The highest BCUT2D eigenvalue weighted by atomic mass is 35.5. The van der Waals surface area contributed by atoms with Gasteiger partial charge in [0.2, 0.25) is 0 Å². The standard InChI is InChI=1S/C12H14ClNOS/c13-11-4-3-9(16)7-10(11)12(15)14-6-5-8-1-2-8/h3-4,7-8,16H,1-2,5-6H2,(H,14,15). The van der Waals surface area contributed by atoms with Crippen LogP contribution in [-0.4, -0.2) is 12.5 Å². The Morgan fingerprint density at radius 1 is 1.50 bits per heavy atom. The van der Waals surface area contributed by atoms with Crippen molar-refractivity contribution in [1.82, 2.24) is 5.32 Å². The molecule has 0 heterocycles. The van der Waals surface area contributed by atoms with E-state index in [4.69, 9.17) is 11.6 Å². The van der Waals surface area contributed by atoms with Crippen LogP contribution in [0.3, 0.4) is 0 Å². The molecule has 0 bridgehead atoms. The summed E-state index contributed by atoms with van der Waals surface area (Å²) in [7, 11) is 0. The maximum atomic E-state index is 11.8. The van der Waals surface area contributed by atoms with E-state index in [2.05, 4.69) is 17.9 Å². The van der Waals surface area contributed by atoms with E-state index in [9.17, 15) is 4.79 Å². The van der Waals surface area contributed by atoms with Gasteiger partial charge in [-0.1, -0.05) is 24.4 Å². The summed E-state index contributed by atoms with van der Waals surface area (Å²) in [6, 6.07) is 5.16. The molecule has 86 valence electrons. The van der Waals surface area contributed by atoms with E-state index < -0.39 is 0 Å². The predicted octanol–water partition coefficient (Wildman–Crippen LogP) is 3.16. The number of hydrogen-bond acceptors (Lipinski definition) is 2. The van der Waals surface area contributed by atoms with Gasteiger partial charge in [-0.15, -0.1) is 12.6 Å². The van der Waals surface area contributed by atoms with E-state index in [1.807, 2.05) is 0 Å². The number of thiol groups is 1. The SMILES string of the molecule is O=C(NCCC1CC1)c1cc(S)ccc1Cl. The topological polar surface area (TPSA) is 29.1 Å². The van der Waals surface area contributed by atoms with Crippen LogP contribution >= 0.6 is 24.2 Å². The number of benzene rings is 1. The largest absolute Gasteiger partial charge is 0.352 e. The van der Waals surface area contributed by atoms with Crippen molar-refractivity contribution in [3.63, 3.8) is 0 Å². The molecule has 2 nitrogen and oxygen atoms in total. The van der Waals surface area contributed by atoms with Crippen molar-refractivity contribution < 1.29 is 4.79 Å². The van der Waals surface area contributed by atoms with E-state index >= 15 is 0 Å². The van der Waals surface area contributed by atoms with Gasteiger partial charge in [-0.3, -0.25) is 4.79 Å². The summed E-state index contributed by atoms with van der Waals surface area (Å²) < 4.78 is 0. The smallest absolute Gasteiger partial charge is 0.252 e. The van der Waals surface area contributed by atoms with Crippen LogP contribution in [0.2, 0.25) is 5.02 Å². The molecule has 1 aliphatic carbocycles. The molecule has 2 rings (SSSR count). The summed E-state index contributed by atoms with van der Waals surface area (Å²) >= 11 is 10.1. The lowest BCUT2D eigenvalue weighted by Crippen LogP contribution is -2.25. The van der Waals surface area contributed by atoms with Crippen LogP contribution in [0.5, 0.6) is 0 Å². The second-order valence-electron chi connectivity index (χ2n) is 4.15. The van der Waals surface area contributed by atoms with Crippen LogP contribution in [0.25, 0.3) is 0 Å². The minimum atomic E-state index is -0.110. The molecule has 1 aliphatic rings. The minimum absolute atomic E-state index is 0.110. The molecule has 0 atom stereocenters. The van der Waals surface area contributed by atoms with Gasteiger partial charge in [0.25, 0.3) is 5.91 Å². The lowest BCUT2D eigenvalue weighted by Gasteiger charge is -2.06. The van der Waals surface area contributed by atoms with Gasteiger partial charge < -0.3 is 5.32 Å².